The fourth-order valence-corrected chi connectivity index (χ4v) is 23.4. The Hall–Kier alpha value is -7.57. The van der Waals surface area contributed by atoms with Gasteiger partial charge in [0, 0.05) is 187 Å². The number of amides is 4. The number of aryl methyl sites for hydroxylation is 2. The zero-order valence-corrected chi connectivity index (χ0v) is 91.4. The van der Waals surface area contributed by atoms with Crippen molar-refractivity contribution < 1.29 is 112 Å². The molecule has 0 aromatic carbocycles. The van der Waals surface area contributed by atoms with E-state index in [2.05, 4.69) is 48.6 Å². The number of pyridine rings is 1. The molecule has 5 aliphatic heterocycles. The first kappa shape index (κ1) is 122. The molecule has 15 rings (SSSR count). The van der Waals surface area contributed by atoms with Gasteiger partial charge < -0.3 is 64.5 Å². The number of hydrogen-bond donors (Lipinski definition) is 5. The van der Waals surface area contributed by atoms with Crippen LogP contribution >= 0.6 is 47.2 Å². The van der Waals surface area contributed by atoms with E-state index in [-0.39, 0.29) is 77.0 Å². The monoisotopic (exact) mass is 2190 g/mol. The van der Waals surface area contributed by atoms with E-state index in [9.17, 15) is 89.1 Å². The lowest BCUT2D eigenvalue weighted by molar-refractivity contribution is -0.511. The predicted molar refractivity (Wildman–Crippen MR) is 531 cm³/mol. The molecular formula is C89H144Cl4F6N22O18S4. The number of Topliss-reactive ketones (excluding diaryl/α,β-unsaturated/α-hetero) is 1. The highest BCUT2D eigenvalue weighted by atomic mass is 35.5. The number of likely N-dealkylation sites (tertiary alicyclic amines) is 4. The third-order valence-corrected chi connectivity index (χ3v) is 30.4. The Morgan fingerprint density at radius 2 is 0.902 bits per heavy atom. The number of anilines is 2. The predicted octanol–water partition coefficient (Wildman–Crippen LogP) is 11.0. The van der Waals surface area contributed by atoms with Crippen molar-refractivity contribution in [3.63, 3.8) is 0 Å². The van der Waals surface area contributed by atoms with Gasteiger partial charge in [-0.2, -0.15) is 74.7 Å². The van der Waals surface area contributed by atoms with E-state index >= 15 is 0 Å². The average molecular weight is 2190 g/mol. The number of unbranched alkanes of at least 4 members (excludes halogenated alkanes) is 1. The van der Waals surface area contributed by atoms with Crippen molar-refractivity contribution in [1.29, 1.82) is 0 Å². The maximum Gasteiger partial charge on any atom is 0.493 e. The molecule has 4 amide bonds. The van der Waals surface area contributed by atoms with Crippen LogP contribution in [0.25, 0.3) is 11.0 Å². The number of nitrogens with two attached hydrogens (primary N) is 4. The van der Waals surface area contributed by atoms with Crippen LogP contribution in [-0.4, -0.2) is 303 Å². The van der Waals surface area contributed by atoms with Gasteiger partial charge in [-0.3, -0.25) is 9.59 Å². The second-order valence-corrected chi connectivity index (χ2v) is 50.1. The number of nitrogens with zero attached hydrogens (tertiary/aromatic N) is 17. The number of fused-ring (bicyclic) bond motifs is 2. The molecule has 5 spiro atoms. The lowest BCUT2D eigenvalue weighted by Crippen LogP contribution is -2.69. The van der Waals surface area contributed by atoms with E-state index in [1.807, 2.05) is 99.2 Å². The molecule has 5 aromatic heterocycles. The van der Waals surface area contributed by atoms with Gasteiger partial charge in [0.25, 0.3) is 30.6 Å². The number of ketones is 1. The molecule has 0 bridgehead atoms. The van der Waals surface area contributed by atoms with Crippen LogP contribution in [0.1, 0.15) is 225 Å². The van der Waals surface area contributed by atoms with Crippen molar-refractivity contribution in [3.8, 4) is 0 Å². The van der Waals surface area contributed by atoms with Crippen LogP contribution in [0.5, 0.6) is 0 Å². The number of ether oxygens (including phenoxy) is 4. The van der Waals surface area contributed by atoms with E-state index in [4.69, 9.17) is 74.9 Å². The van der Waals surface area contributed by atoms with Gasteiger partial charge in [0.2, 0.25) is 0 Å². The van der Waals surface area contributed by atoms with E-state index in [1.165, 1.54) is 70.7 Å². The molecule has 9 N–H and O–H groups in total. The molecular weight excluding hydrogens is 2050 g/mol. The molecule has 5 aliphatic carbocycles. The summed E-state index contributed by atoms with van der Waals surface area (Å²) in [6.45, 7) is 41.3. The summed E-state index contributed by atoms with van der Waals surface area (Å²) in [6.07, 6.45) is 5.05. The van der Waals surface area contributed by atoms with Crippen LogP contribution in [0.3, 0.4) is 0 Å². The van der Waals surface area contributed by atoms with Crippen LogP contribution < -0.4 is 45.3 Å². The van der Waals surface area contributed by atoms with Crippen LogP contribution in [0.2, 0.25) is 15.5 Å². The van der Waals surface area contributed by atoms with Crippen molar-refractivity contribution >= 4 is 147 Å². The zero-order valence-electron chi connectivity index (χ0n) is 85.1. The van der Waals surface area contributed by atoms with Crippen molar-refractivity contribution in [2.75, 3.05) is 122 Å². The quantitative estimate of drug-likeness (QED) is 0.0150. The summed E-state index contributed by atoms with van der Waals surface area (Å²) in [7, 11) is -12.1. The highest BCUT2D eigenvalue weighted by molar-refractivity contribution is 7.87. The number of carbonyl (C=O) groups excluding carboxylic acids is 5. The minimum Gasteiger partial charge on any atom is -0.594 e. The number of carbonyl (C=O) groups is 5. The lowest BCUT2D eigenvalue weighted by Gasteiger charge is -2.60. The Labute approximate surface area is 857 Å². The lowest BCUT2D eigenvalue weighted by atomic mass is 9.60. The summed E-state index contributed by atoms with van der Waals surface area (Å²) < 4.78 is 199. The Balaban J connectivity index is 0.000000227. The number of hydrogen-bond acceptors (Lipinski definition) is 26. The summed E-state index contributed by atoms with van der Waals surface area (Å²) in [5.74, 6) is -0.623. The Morgan fingerprint density at radius 1 is 0.538 bits per heavy atom. The maximum absolute atomic E-state index is 12.4. The second kappa shape index (κ2) is 47.5. The zero-order chi connectivity index (χ0) is 107. The first-order valence-electron chi connectivity index (χ1n) is 47.1. The van der Waals surface area contributed by atoms with Crippen molar-refractivity contribution in [3.05, 3.63) is 75.9 Å². The van der Waals surface area contributed by atoms with Crippen LogP contribution in [0.4, 0.5) is 52.2 Å². The van der Waals surface area contributed by atoms with Gasteiger partial charge in [-0.05, 0) is 190 Å². The van der Waals surface area contributed by atoms with Crippen LogP contribution in [0.15, 0.2) is 53.7 Å². The normalized spacial score (nSPS) is 20.1. The van der Waals surface area contributed by atoms with Gasteiger partial charge in [0.1, 0.15) is 56.6 Å². The average Bonchev–Trinajstić information content (AvgIpc) is 1.71. The van der Waals surface area contributed by atoms with Crippen LogP contribution in [-0.2, 0) is 69.4 Å². The van der Waals surface area contributed by atoms with Gasteiger partial charge in [-0.25, -0.2) is 48.8 Å². The molecule has 10 aliphatic rings. The number of aromatic nitrogens is 7. The molecule has 40 nitrogen and oxygen atoms in total. The minimum atomic E-state index is -4.85. The smallest absolute Gasteiger partial charge is 0.493 e. The summed E-state index contributed by atoms with van der Waals surface area (Å²) >= 11 is 17.9. The number of alkyl halides is 6. The number of rotatable bonds is 21. The standard InChI is InChI=1S/C16H23ClN6O2S.C14H24F3N3O4S.C14H26N2O2.C12H19N3O4S.C11H18F3N3O3S.C11H17NO3.C7H5Cl2N3.C4H11N.ClH/c1-3-4-22(26(18,24)25)12-6-16(7-12)8-21(9-16)15-14-11(2)5-13(17)23(14)20-10-19-15;1-12(2,3)24-11(21)19-8-13(9-19)6-10(7-13)20(25(18,22)23)5-4-14(15,16)17;1-5-6-15-11-7-14(8-11)9-16(10-14)12(17)18-13(2,3)4;1-12(2,3)19-11(16)13-20(17,18)15-8-6-10(7-9-15)14(4)5;1-2-3-17(21(15,19)20)8-4-10(5-8)6-16(7-10)9(18)11(12,13)14;1-10(2,3)15-9(14)12-6-11(7-12)4-8(13)5-11;1-4-2-5(8)12-6(4)7(9)10-3-11-12;1-2-3-4-5;/h5,10,12H,3-4,6-9H2,1-2H3,(H2,18,24,25);10H,4-9H2,1-3H3,(H2,18,22,23);11,15H,5-10H2,1-4H3;6-9H,1-5H3;8H,2-7H2,1H3,(H2,15,19,20);4-7H2,1-3H3;2-3H,1H3;2-5H2,1H3;1H. The molecule has 143 heavy (non-hydrogen) atoms. The Kier molecular flexibility index (Phi) is 40.7. The first-order chi connectivity index (χ1) is 65.1. The summed E-state index contributed by atoms with van der Waals surface area (Å²) in [6, 6.07) is 6.74. The molecule has 812 valence electrons. The maximum atomic E-state index is 12.4. The van der Waals surface area contributed by atoms with Crippen LogP contribution in [0, 0.1) is 40.9 Å². The third kappa shape index (κ3) is 34.0. The number of halogens is 10. The van der Waals surface area contributed by atoms with Gasteiger partial charge >= 0.3 is 46.7 Å². The highest BCUT2D eigenvalue weighted by Gasteiger charge is 2.62. The molecule has 54 heteroatoms. The Bertz CT molecular complexity index is 5680. The molecule has 10 fully saturated rings. The van der Waals surface area contributed by atoms with Gasteiger partial charge in [-0.1, -0.05) is 98.1 Å². The van der Waals surface area contributed by atoms with Crippen molar-refractivity contribution in [1.82, 2.24) is 67.0 Å². The summed E-state index contributed by atoms with van der Waals surface area (Å²) in [5, 5.41) is 40.3. The second-order valence-electron chi connectivity index (χ2n) is 42.9. The van der Waals surface area contributed by atoms with E-state index in [1.54, 1.807) is 73.7 Å². The first-order valence-corrected chi connectivity index (χ1v) is 54.1. The largest absolute Gasteiger partial charge is 0.594 e. The molecule has 5 saturated heterocycles. The SMILES string of the molecule is CC(C)(C)OC(=O)N1CC2(CC(=O)C2)C1.CC(C)(C)OC(=O)N1CC2(CC(N(CCC(F)(F)F)S(N)(=O)=O)C2)C1.CCCCN.CCCN(C1CC2(C1)CN(C(=O)C(F)(F)F)C2)S(N)(=O)=O.CCCN(C1CC2(C1)CN(c1ncnn3c(Cl)cc(C)c13)C2)S(N)(=O)=O.CCCNC1CC2(C1)CN(C(=O)OC(C)(C)C)C2.CN(C)c1cc[n+](S(=O)(=O)N=C([O-])OC(C)(C)C)cc1.Cc1cc(Cl)n2ncnc(Cl)c12.Cl. The molecule has 0 unspecified atom stereocenters. The molecule has 10 heterocycles. The van der Waals surface area contributed by atoms with Gasteiger partial charge in [0.05, 0.1) is 6.42 Å². The minimum absolute atomic E-state index is 0. The fraction of sp³-hybridized carbons (Fsp3) is 0.742. The van der Waals surface area contributed by atoms with Gasteiger partial charge in [0.15, 0.2) is 29.4 Å². The third-order valence-electron chi connectivity index (χ3n) is 25.0. The van der Waals surface area contributed by atoms with E-state index < -0.39 is 107 Å². The fourth-order valence-electron chi connectivity index (χ4n) is 18.8. The van der Waals surface area contributed by atoms with E-state index in [0.29, 0.717) is 117 Å². The van der Waals surface area contributed by atoms with E-state index in [0.717, 1.165) is 105 Å². The number of nitrogens with one attached hydrogen (secondary N) is 1. The molecule has 0 radical (unpaired) electrons. The van der Waals surface area contributed by atoms with Crippen molar-refractivity contribution in [2.24, 2.45) is 52.6 Å². The molecule has 5 saturated carbocycles. The van der Waals surface area contributed by atoms with Gasteiger partial charge in [-0.15, -0.1) is 20.8 Å². The Morgan fingerprint density at radius 3 is 1.24 bits per heavy atom. The molecule has 5 aromatic rings. The molecule has 0 atom stereocenters. The summed E-state index contributed by atoms with van der Waals surface area (Å²) in [4.78, 5) is 75.3. The van der Waals surface area contributed by atoms with Crippen molar-refractivity contribution in [2.45, 2.75) is 286 Å². The highest BCUT2D eigenvalue weighted by Crippen LogP contribution is 2.55. The summed E-state index contributed by atoms with van der Waals surface area (Å²) in [5.41, 5.74) is 7.53. The topological polar surface area (TPSA) is 504 Å².